The molecule has 0 bridgehead atoms. The fourth-order valence-electron chi connectivity index (χ4n) is 5.20. The molecule has 0 spiro atoms. The summed E-state index contributed by atoms with van der Waals surface area (Å²) in [6, 6.07) is 13.3. The van der Waals surface area contributed by atoms with Gasteiger partial charge in [-0.2, -0.15) is 4.98 Å². The average Bonchev–Trinajstić information content (AvgIpc) is 3.55. The Hall–Kier alpha value is -3.43. The zero-order chi connectivity index (χ0) is 25.4. The van der Waals surface area contributed by atoms with Gasteiger partial charge < -0.3 is 20.4 Å². The van der Waals surface area contributed by atoms with Crippen LogP contribution < -0.4 is 15.5 Å². The number of piperazine rings is 1. The Bertz CT molecular complexity index is 1390. The summed E-state index contributed by atoms with van der Waals surface area (Å²) >= 11 is 6.01. The summed E-state index contributed by atoms with van der Waals surface area (Å²) in [5.41, 5.74) is 4.31. The van der Waals surface area contributed by atoms with Crippen LogP contribution in [0.2, 0.25) is 5.02 Å². The average molecular weight is 521 g/mol. The number of fused-ring (bicyclic) bond motifs is 1. The highest BCUT2D eigenvalue weighted by atomic mass is 35.5. The number of anilines is 5. The maximum Gasteiger partial charge on any atom is 0.229 e. The standard InChI is InChI=1S/C27H30ClFN8/c1-35-12-14-36(15-13-35)20-9-6-18(7-10-20)31-26-30-17-24-25(34-26)37(21-4-2-3-5-21)27(33-24)32-19-8-11-23(29)22(28)16-19/h6-11,16-17,21H,2-5,12-15H2,1H3,(H,32,33)(H,30,31,34). The van der Waals surface area contributed by atoms with E-state index in [-0.39, 0.29) is 11.1 Å². The van der Waals surface area contributed by atoms with E-state index in [1.54, 1.807) is 18.3 Å². The molecule has 1 aliphatic heterocycles. The summed E-state index contributed by atoms with van der Waals surface area (Å²) < 4.78 is 15.8. The molecule has 3 heterocycles. The molecule has 10 heteroatoms. The molecule has 2 aromatic heterocycles. The number of rotatable bonds is 6. The highest BCUT2D eigenvalue weighted by molar-refractivity contribution is 6.31. The molecule has 4 aromatic rings. The molecule has 2 N–H and O–H groups in total. The highest BCUT2D eigenvalue weighted by Crippen LogP contribution is 2.36. The van der Waals surface area contributed by atoms with E-state index in [1.165, 1.54) is 24.6 Å². The first-order chi connectivity index (χ1) is 18.0. The molecule has 0 radical (unpaired) electrons. The van der Waals surface area contributed by atoms with Crippen LogP contribution in [0.5, 0.6) is 0 Å². The summed E-state index contributed by atoms with van der Waals surface area (Å²) in [5, 5.41) is 6.74. The summed E-state index contributed by atoms with van der Waals surface area (Å²) in [5.74, 6) is 0.734. The molecule has 2 aliphatic rings. The van der Waals surface area contributed by atoms with Crippen LogP contribution in [0.25, 0.3) is 11.2 Å². The summed E-state index contributed by atoms with van der Waals surface area (Å²) in [4.78, 5) is 18.9. The van der Waals surface area contributed by atoms with Crippen LogP contribution in [-0.4, -0.2) is 57.6 Å². The number of hydrogen-bond donors (Lipinski definition) is 2. The second-order valence-electron chi connectivity index (χ2n) is 9.86. The number of nitrogens with zero attached hydrogens (tertiary/aromatic N) is 6. The van der Waals surface area contributed by atoms with Gasteiger partial charge in [0.1, 0.15) is 11.3 Å². The maximum absolute atomic E-state index is 13.7. The van der Waals surface area contributed by atoms with Crippen molar-refractivity contribution in [1.82, 2.24) is 24.4 Å². The number of imidazole rings is 1. The molecule has 1 saturated heterocycles. The first-order valence-electron chi connectivity index (χ1n) is 12.8. The van der Waals surface area contributed by atoms with E-state index < -0.39 is 5.82 Å². The van der Waals surface area contributed by atoms with Crippen molar-refractivity contribution in [1.29, 1.82) is 0 Å². The monoisotopic (exact) mass is 520 g/mol. The Kier molecular flexibility index (Phi) is 6.56. The second-order valence-corrected chi connectivity index (χ2v) is 10.3. The Morgan fingerprint density at radius 2 is 1.65 bits per heavy atom. The van der Waals surface area contributed by atoms with Gasteiger partial charge >= 0.3 is 0 Å². The SMILES string of the molecule is CN1CCN(c2ccc(Nc3ncc4nc(Nc5ccc(F)c(Cl)c5)n(C5CCCC5)c4n3)cc2)CC1. The van der Waals surface area contributed by atoms with Gasteiger partial charge in [0.2, 0.25) is 11.9 Å². The zero-order valence-corrected chi connectivity index (χ0v) is 21.5. The lowest BCUT2D eigenvalue weighted by Gasteiger charge is -2.34. The minimum Gasteiger partial charge on any atom is -0.369 e. The van der Waals surface area contributed by atoms with E-state index in [0.29, 0.717) is 23.1 Å². The lowest BCUT2D eigenvalue weighted by molar-refractivity contribution is 0.313. The van der Waals surface area contributed by atoms with Crippen LogP contribution in [0, 0.1) is 5.82 Å². The van der Waals surface area contributed by atoms with Crippen molar-refractivity contribution in [3.63, 3.8) is 0 Å². The number of hydrogen-bond acceptors (Lipinski definition) is 7. The predicted octanol–water partition coefficient (Wildman–Crippen LogP) is 5.97. The third-order valence-electron chi connectivity index (χ3n) is 7.29. The number of likely N-dealkylation sites (N-methyl/N-ethyl adjacent to an activating group) is 1. The van der Waals surface area contributed by atoms with Crippen molar-refractivity contribution >= 4 is 51.7 Å². The smallest absolute Gasteiger partial charge is 0.229 e. The van der Waals surface area contributed by atoms with E-state index in [1.807, 2.05) is 0 Å². The van der Waals surface area contributed by atoms with Gasteiger partial charge in [-0.3, -0.25) is 4.57 Å². The van der Waals surface area contributed by atoms with E-state index in [2.05, 4.69) is 61.3 Å². The van der Waals surface area contributed by atoms with Gasteiger partial charge in [0.05, 0.1) is 11.2 Å². The third kappa shape index (κ3) is 5.06. The van der Waals surface area contributed by atoms with Crippen LogP contribution in [0.15, 0.2) is 48.7 Å². The molecule has 6 rings (SSSR count). The van der Waals surface area contributed by atoms with Crippen LogP contribution in [0.4, 0.5) is 33.3 Å². The summed E-state index contributed by atoms with van der Waals surface area (Å²) in [6.45, 7) is 4.23. The molecule has 2 aromatic carbocycles. The van der Waals surface area contributed by atoms with Gasteiger partial charge in [-0.05, 0) is 62.4 Å². The van der Waals surface area contributed by atoms with Gasteiger partial charge in [0.15, 0.2) is 5.65 Å². The van der Waals surface area contributed by atoms with Gasteiger partial charge in [0.25, 0.3) is 0 Å². The Morgan fingerprint density at radius 3 is 2.38 bits per heavy atom. The molecule has 1 aliphatic carbocycles. The van der Waals surface area contributed by atoms with Crippen molar-refractivity contribution in [3.05, 3.63) is 59.5 Å². The fourth-order valence-corrected chi connectivity index (χ4v) is 5.38. The predicted molar refractivity (Wildman–Crippen MR) is 147 cm³/mol. The number of halogens is 2. The van der Waals surface area contributed by atoms with E-state index in [4.69, 9.17) is 21.6 Å². The largest absolute Gasteiger partial charge is 0.369 e. The lowest BCUT2D eigenvalue weighted by atomic mass is 10.2. The second kappa shape index (κ2) is 10.1. The molecule has 37 heavy (non-hydrogen) atoms. The lowest BCUT2D eigenvalue weighted by Crippen LogP contribution is -2.44. The number of nitrogens with one attached hydrogen (secondary N) is 2. The number of aromatic nitrogens is 4. The summed E-state index contributed by atoms with van der Waals surface area (Å²) in [6.07, 6.45) is 6.21. The van der Waals surface area contributed by atoms with Crippen molar-refractivity contribution in [3.8, 4) is 0 Å². The third-order valence-corrected chi connectivity index (χ3v) is 7.58. The van der Waals surface area contributed by atoms with E-state index >= 15 is 0 Å². The minimum absolute atomic E-state index is 0.0680. The Morgan fingerprint density at radius 1 is 0.919 bits per heavy atom. The molecule has 1 saturated carbocycles. The number of benzene rings is 2. The zero-order valence-electron chi connectivity index (χ0n) is 20.8. The van der Waals surface area contributed by atoms with Crippen LogP contribution >= 0.6 is 11.6 Å². The van der Waals surface area contributed by atoms with Crippen molar-refractivity contribution in [2.24, 2.45) is 0 Å². The molecule has 2 fully saturated rings. The first-order valence-corrected chi connectivity index (χ1v) is 13.2. The first kappa shape index (κ1) is 23.9. The highest BCUT2D eigenvalue weighted by Gasteiger charge is 2.24. The topological polar surface area (TPSA) is 74.1 Å². The van der Waals surface area contributed by atoms with Gasteiger partial charge in [-0.1, -0.05) is 24.4 Å². The Labute approximate surface area is 220 Å². The molecule has 0 unspecified atom stereocenters. The van der Waals surface area contributed by atoms with Crippen molar-refractivity contribution < 1.29 is 4.39 Å². The molecular weight excluding hydrogens is 491 g/mol. The van der Waals surface area contributed by atoms with Crippen molar-refractivity contribution in [2.45, 2.75) is 31.7 Å². The van der Waals surface area contributed by atoms with E-state index in [0.717, 1.165) is 50.4 Å². The normalized spacial score (nSPS) is 17.0. The maximum atomic E-state index is 13.7. The van der Waals surface area contributed by atoms with E-state index in [9.17, 15) is 4.39 Å². The Balaban J connectivity index is 1.27. The van der Waals surface area contributed by atoms with Crippen LogP contribution in [0.3, 0.4) is 0 Å². The van der Waals surface area contributed by atoms with Crippen LogP contribution in [0.1, 0.15) is 31.7 Å². The van der Waals surface area contributed by atoms with Crippen LogP contribution in [-0.2, 0) is 0 Å². The molecule has 0 amide bonds. The summed E-state index contributed by atoms with van der Waals surface area (Å²) in [7, 11) is 2.16. The van der Waals surface area contributed by atoms with Crippen molar-refractivity contribution in [2.75, 3.05) is 48.8 Å². The molecule has 192 valence electrons. The quantitative estimate of drug-likeness (QED) is 0.324. The fraction of sp³-hybridized carbons (Fsp3) is 0.370. The minimum atomic E-state index is -0.449. The van der Waals surface area contributed by atoms with Gasteiger partial charge in [-0.15, -0.1) is 0 Å². The molecular formula is C27H30ClFN8. The molecule has 8 nitrogen and oxygen atoms in total. The van der Waals surface area contributed by atoms with Gasteiger partial charge in [-0.25, -0.2) is 14.4 Å². The molecule has 0 atom stereocenters. The van der Waals surface area contributed by atoms with Gasteiger partial charge in [0, 0.05) is 49.3 Å².